The number of aliphatic imine (C=N–C) groups is 2. The van der Waals surface area contributed by atoms with Crippen molar-refractivity contribution >= 4 is 31.1 Å². The molecule has 2 aliphatic carbocycles. The maximum absolute atomic E-state index is 9.39. The minimum Gasteiger partial charge on any atom is -0.396 e. The topological polar surface area (TPSA) is 123 Å². The summed E-state index contributed by atoms with van der Waals surface area (Å²) in [7, 11) is 1.70. The Labute approximate surface area is 193 Å². The number of aryl methyl sites for hydroxylation is 1. The van der Waals surface area contributed by atoms with Crippen LogP contribution in [0, 0.1) is 12.3 Å². The zero-order valence-corrected chi connectivity index (χ0v) is 20.5. The molecule has 7 heteroatoms. The Morgan fingerprint density at radius 1 is 1.23 bits per heavy atom. The quantitative estimate of drug-likeness (QED) is 0.275. The second kappa shape index (κ2) is 13.0. The minimum atomic E-state index is -0.175. The van der Waals surface area contributed by atoms with E-state index in [4.69, 9.17) is 11.5 Å². The molecule has 6 nitrogen and oxygen atoms in total. The van der Waals surface area contributed by atoms with E-state index in [0.717, 1.165) is 23.3 Å². The Hall–Kier alpha value is -1.67. The summed E-state index contributed by atoms with van der Waals surface area (Å²) in [6, 6.07) is 4.69. The van der Waals surface area contributed by atoms with Crippen molar-refractivity contribution in [3.63, 3.8) is 0 Å². The number of fused-ring (bicyclic) bond motifs is 1. The highest BCUT2D eigenvalue weighted by Gasteiger charge is 2.36. The zero-order chi connectivity index (χ0) is 23.6. The van der Waals surface area contributed by atoms with Gasteiger partial charge in [0.2, 0.25) is 0 Å². The normalized spacial score (nSPS) is 18.3. The fourth-order valence-corrected chi connectivity index (χ4v) is 4.56. The number of aliphatic hydroxyl groups is 1. The van der Waals surface area contributed by atoms with Crippen molar-refractivity contribution in [1.82, 2.24) is 0 Å². The van der Waals surface area contributed by atoms with Crippen molar-refractivity contribution in [2.45, 2.75) is 71.8 Å². The predicted molar refractivity (Wildman–Crippen MR) is 138 cm³/mol. The Bertz CT molecular complexity index is 795. The van der Waals surface area contributed by atoms with E-state index >= 15 is 0 Å². The molecule has 7 N–H and O–H groups in total. The first-order valence-corrected chi connectivity index (χ1v) is 11.5. The average Bonchev–Trinajstić information content (AvgIpc) is 2.76. The van der Waals surface area contributed by atoms with Crippen LogP contribution in [0.15, 0.2) is 27.7 Å². The molecule has 1 aromatic rings. The molecule has 0 aromatic heterocycles. The molecule has 0 unspecified atom stereocenters. The molecule has 0 radical (unpaired) electrons. The van der Waals surface area contributed by atoms with E-state index in [0.29, 0.717) is 18.3 Å². The molecule has 0 saturated heterocycles. The van der Waals surface area contributed by atoms with E-state index < -0.39 is 0 Å². The maximum Gasteiger partial charge on any atom is 0.123 e. The van der Waals surface area contributed by atoms with Gasteiger partial charge in [-0.2, -0.15) is 0 Å². The lowest BCUT2D eigenvalue weighted by molar-refractivity contribution is 0.298. The highest BCUT2D eigenvalue weighted by Crippen LogP contribution is 2.44. The standard InChI is InChI=1S/C18H25N3O.C6H13N.H3NS/c1-11-6-7-13-14(12(11)8-9-22)10-18(2,3)15(16(13)20-4)17(19)21-5;7-6-4-2-1-3-5-6;1-2/h6-7,22H,4,8-10H2,1-3,5H3,(H2,19,21);6H,1-5,7H2;2H,1H2. The summed E-state index contributed by atoms with van der Waals surface area (Å²) in [6.45, 7) is 10.3. The van der Waals surface area contributed by atoms with Crippen LogP contribution in [0.5, 0.6) is 0 Å². The van der Waals surface area contributed by atoms with Crippen LogP contribution in [0.4, 0.5) is 0 Å². The van der Waals surface area contributed by atoms with Crippen LogP contribution in [-0.2, 0) is 12.8 Å². The molecule has 0 atom stereocenters. The van der Waals surface area contributed by atoms with Crippen molar-refractivity contribution in [2.24, 2.45) is 32.0 Å². The third kappa shape index (κ3) is 6.91. The average molecular weight is 448 g/mol. The summed E-state index contributed by atoms with van der Waals surface area (Å²) >= 11 is 3.03. The van der Waals surface area contributed by atoms with E-state index in [1.54, 1.807) is 7.05 Å². The third-order valence-corrected chi connectivity index (χ3v) is 6.12. The second-order valence-electron chi connectivity index (χ2n) is 8.81. The van der Waals surface area contributed by atoms with Crippen LogP contribution in [0.2, 0.25) is 0 Å². The van der Waals surface area contributed by atoms with E-state index in [9.17, 15) is 5.11 Å². The van der Waals surface area contributed by atoms with Gasteiger partial charge in [0.05, 0.1) is 5.70 Å². The Kier molecular flexibility index (Phi) is 11.5. The molecule has 3 rings (SSSR count). The van der Waals surface area contributed by atoms with Crippen LogP contribution in [0.3, 0.4) is 0 Å². The first-order valence-electron chi connectivity index (χ1n) is 10.9. The van der Waals surface area contributed by atoms with Gasteiger partial charge in [-0.25, -0.2) is 0 Å². The lowest BCUT2D eigenvalue weighted by Gasteiger charge is -2.36. The van der Waals surface area contributed by atoms with Gasteiger partial charge < -0.3 is 16.6 Å². The van der Waals surface area contributed by atoms with Crippen molar-refractivity contribution in [1.29, 1.82) is 0 Å². The fourth-order valence-electron chi connectivity index (χ4n) is 4.56. The molecule has 0 bridgehead atoms. The number of hydrogen-bond acceptors (Lipinski definition) is 6. The van der Waals surface area contributed by atoms with Crippen molar-refractivity contribution in [3.8, 4) is 0 Å². The van der Waals surface area contributed by atoms with Gasteiger partial charge in [-0.15, -0.1) is 12.8 Å². The Morgan fingerprint density at radius 3 is 2.29 bits per heavy atom. The first kappa shape index (κ1) is 27.4. The zero-order valence-electron chi connectivity index (χ0n) is 19.6. The smallest absolute Gasteiger partial charge is 0.123 e. The van der Waals surface area contributed by atoms with Gasteiger partial charge in [0, 0.05) is 30.8 Å². The summed E-state index contributed by atoms with van der Waals surface area (Å²) in [5, 5.41) is 13.6. The SMILES string of the molecule is C=NC1=C(C(N)=NC)C(C)(C)Cc2c1ccc(C)c2CCO.NC1CCCCC1.NS. The van der Waals surface area contributed by atoms with Crippen LogP contribution in [0.25, 0.3) is 5.70 Å². The lowest BCUT2D eigenvalue weighted by Crippen LogP contribution is -2.33. The van der Waals surface area contributed by atoms with Crippen LogP contribution < -0.4 is 16.6 Å². The number of aliphatic hydroxyl groups excluding tert-OH is 1. The monoisotopic (exact) mass is 447 g/mol. The number of amidine groups is 1. The highest BCUT2D eigenvalue weighted by atomic mass is 32.1. The van der Waals surface area contributed by atoms with Gasteiger partial charge in [0.25, 0.3) is 0 Å². The van der Waals surface area contributed by atoms with Crippen molar-refractivity contribution < 1.29 is 5.11 Å². The number of rotatable bonds is 4. The summed E-state index contributed by atoms with van der Waals surface area (Å²) < 4.78 is 0. The Morgan fingerprint density at radius 2 is 1.84 bits per heavy atom. The molecule has 1 aromatic carbocycles. The van der Waals surface area contributed by atoms with Gasteiger partial charge >= 0.3 is 0 Å². The molecular weight excluding hydrogens is 406 g/mol. The molecule has 1 saturated carbocycles. The van der Waals surface area contributed by atoms with E-state index in [1.165, 1.54) is 48.8 Å². The van der Waals surface area contributed by atoms with Crippen LogP contribution >= 0.6 is 12.8 Å². The van der Waals surface area contributed by atoms with E-state index in [2.05, 4.69) is 67.6 Å². The number of thiol groups is 1. The van der Waals surface area contributed by atoms with Crippen LogP contribution in [-0.4, -0.2) is 37.4 Å². The summed E-state index contributed by atoms with van der Waals surface area (Å²) in [4.78, 5) is 8.44. The molecular formula is C24H41N5OS. The molecule has 1 fully saturated rings. The molecule has 31 heavy (non-hydrogen) atoms. The third-order valence-electron chi connectivity index (χ3n) is 6.12. The van der Waals surface area contributed by atoms with Gasteiger partial charge in [0.15, 0.2) is 0 Å². The molecule has 174 valence electrons. The number of benzene rings is 1. The minimum absolute atomic E-state index is 0.143. The molecule has 0 aliphatic heterocycles. The Balaban J connectivity index is 0.000000447. The van der Waals surface area contributed by atoms with Crippen LogP contribution in [0.1, 0.15) is 68.2 Å². The highest BCUT2D eigenvalue weighted by molar-refractivity contribution is 7.77. The summed E-state index contributed by atoms with van der Waals surface area (Å²) in [5.41, 5.74) is 18.1. The van der Waals surface area contributed by atoms with E-state index in [1.807, 2.05) is 0 Å². The molecule has 0 amide bonds. The molecule has 2 aliphatic rings. The molecule has 0 heterocycles. The predicted octanol–water partition coefficient (Wildman–Crippen LogP) is 3.58. The number of nitrogens with zero attached hydrogens (tertiary/aromatic N) is 2. The van der Waals surface area contributed by atoms with Gasteiger partial charge in [0.1, 0.15) is 5.84 Å². The second-order valence-corrected chi connectivity index (χ2v) is 8.81. The van der Waals surface area contributed by atoms with Crippen molar-refractivity contribution in [2.75, 3.05) is 13.7 Å². The van der Waals surface area contributed by atoms with Gasteiger partial charge in [-0.1, -0.05) is 45.2 Å². The fraction of sp³-hybridized carbons (Fsp3) is 0.583. The lowest BCUT2D eigenvalue weighted by atomic mass is 9.69. The van der Waals surface area contributed by atoms with Gasteiger partial charge in [-0.05, 0) is 61.4 Å². The first-order chi connectivity index (χ1) is 14.8. The summed E-state index contributed by atoms with van der Waals surface area (Å²) in [6.07, 6.45) is 8.17. The van der Waals surface area contributed by atoms with Gasteiger partial charge in [-0.3, -0.25) is 15.1 Å². The molecule has 0 spiro atoms. The van der Waals surface area contributed by atoms with Crippen molar-refractivity contribution in [3.05, 3.63) is 40.0 Å². The largest absolute Gasteiger partial charge is 0.396 e. The number of hydrogen-bond donors (Lipinski definition) is 5. The summed E-state index contributed by atoms with van der Waals surface area (Å²) in [5.74, 6) is 0.516. The number of nitrogens with two attached hydrogens (primary N) is 3. The maximum atomic E-state index is 9.39. The van der Waals surface area contributed by atoms with E-state index in [-0.39, 0.29) is 12.0 Å².